The molecule has 1 amide bonds. The monoisotopic (exact) mass is 368 g/mol. The Balaban J connectivity index is 1.34. The van der Waals surface area contributed by atoms with Crippen molar-refractivity contribution in [1.29, 1.82) is 0 Å². The van der Waals surface area contributed by atoms with Crippen LogP contribution in [-0.4, -0.2) is 61.6 Å². The van der Waals surface area contributed by atoms with Gasteiger partial charge in [0.15, 0.2) is 6.61 Å². The maximum absolute atomic E-state index is 12.3. The van der Waals surface area contributed by atoms with E-state index < -0.39 is 0 Å². The number of nitrogens with zero attached hydrogens (tertiary/aromatic N) is 2. The molecule has 2 aromatic rings. The summed E-state index contributed by atoms with van der Waals surface area (Å²) in [6.07, 6.45) is 0. The van der Waals surface area contributed by atoms with Gasteiger partial charge in [0.05, 0.1) is 0 Å². The molecule has 0 atom stereocenters. The fourth-order valence-electron chi connectivity index (χ4n) is 3.09. The van der Waals surface area contributed by atoms with Gasteiger partial charge in [-0.15, -0.1) is 0 Å². The van der Waals surface area contributed by atoms with Gasteiger partial charge < -0.3 is 14.4 Å². The molecule has 3 rings (SSSR count). The van der Waals surface area contributed by atoms with Crippen LogP contribution in [0.1, 0.15) is 11.1 Å². The van der Waals surface area contributed by atoms with Crippen LogP contribution in [-0.2, 0) is 4.79 Å². The average Bonchev–Trinajstić information content (AvgIpc) is 2.68. The SMILES string of the molecule is Cc1ccc(OCC(=O)N2CCN(CCOc3cccc(C)c3)CC2)cc1. The molecule has 1 fully saturated rings. The summed E-state index contributed by atoms with van der Waals surface area (Å²) in [5.74, 6) is 1.70. The van der Waals surface area contributed by atoms with Crippen LogP contribution >= 0.6 is 0 Å². The molecule has 0 aromatic heterocycles. The molecule has 0 unspecified atom stereocenters. The van der Waals surface area contributed by atoms with Crippen LogP contribution in [0.2, 0.25) is 0 Å². The van der Waals surface area contributed by atoms with Crippen molar-refractivity contribution in [2.24, 2.45) is 0 Å². The molecule has 0 N–H and O–H groups in total. The fraction of sp³-hybridized carbons (Fsp3) is 0.409. The summed E-state index contributed by atoms with van der Waals surface area (Å²) in [4.78, 5) is 16.5. The van der Waals surface area contributed by atoms with Gasteiger partial charge in [-0.05, 0) is 43.7 Å². The number of hydrogen-bond acceptors (Lipinski definition) is 4. The van der Waals surface area contributed by atoms with Crippen molar-refractivity contribution in [1.82, 2.24) is 9.80 Å². The minimum Gasteiger partial charge on any atom is -0.492 e. The molecule has 144 valence electrons. The number of ether oxygens (including phenoxy) is 2. The summed E-state index contributed by atoms with van der Waals surface area (Å²) in [5, 5.41) is 0. The van der Waals surface area contributed by atoms with Crippen molar-refractivity contribution >= 4 is 5.91 Å². The van der Waals surface area contributed by atoms with Crippen LogP contribution in [0.15, 0.2) is 48.5 Å². The van der Waals surface area contributed by atoms with E-state index in [2.05, 4.69) is 17.9 Å². The van der Waals surface area contributed by atoms with Crippen molar-refractivity contribution < 1.29 is 14.3 Å². The molecule has 27 heavy (non-hydrogen) atoms. The molecular weight excluding hydrogens is 340 g/mol. The highest BCUT2D eigenvalue weighted by Gasteiger charge is 2.21. The molecular formula is C22H28N2O3. The molecule has 1 aliphatic rings. The Morgan fingerprint density at radius 1 is 0.889 bits per heavy atom. The summed E-state index contributed by atoms with van der Waals surface area (Å²) in [5.41, 5.74) is 2.38. The first-order chi connectivity index (χ1) is 13.1. The van der Waals surface area contributed by atoms with Gasteiger partial charge in [0.1, 0.15) is 18.1 Å². The standard InChI is InChI=1S/C22H28N2O3/c1-18-6-8-20(9-7-18)27-17-22(25)24-12-10-23(11-13-24)14-15-26-21-5-3-4-19(2)16-21/h3-9,16H,10-15,17H2,1-2H3. The molecule has 1 saturated heterocycles. The molecule has 5 heteroatoms. The predicted molar refractivity (Wildman–Crippen MR) is 106 cm³/mol. The van der Waals surface area contributed by atoms with Gasteiger partial charge in [-0.3, -0.25) is 9.69 Å². The zero-order valence-corrected chi connectivity index (χ0v) is 16.2. The highest BCUT2D eigenvalue weighted by Crippen LogP contribution is 2.13. The maximum Gasteiger partial charge on any atom is 0.260 e. The second-order valence-electron chi connectivity index (χ2n) is 6.99. The van der Waals surface area contributed by atoms with E-state index in [1.807, 2.05) is 54.3 Å². The van der Waals surface area contributed by atoms with Gasteiger partial charge >= 0.3 is 0 Å². The fourth-order valence-corrected chi connectivity index (χ4v) is 3.09. The van der Waals surface area contributed by atoms with E-state index in [1.165, 1.54) is 11.1 Å². The van der Waals surface area contributed by atoms with Gasteiger partial charge in [-0.25, -0.2) is 0 Å². The van der Waals surface area contributed by atoms with Crippen molar-refractivity contribution in [2.45, 2.75) is 13.8 Å². The van der Waals surface area contributed by atoms with Crippen molar-refractivity contribution in [3.05, 3.63) is 59.7 Å². The number of carbonyl (C=O) groups is 1. The van der Waals surface area contributed by atoms with E-state index in [0.29, 0.717) is 6.61 Å². The van der Waals surface area contributed by atoms with Gasteiger partial charge in [0.2, 0.25) is 0 Å². The van der Waals surface area contributed by atoms with Gasteiger partial charge in [0.25, 0.3) is 5.91 Å². The molecule has 0 aliphatic carbocycles. The first kappa shape index (κ1) is 19.2. The maximum atomic E-state index is 12.3. The molecule has 0 spiro atoms. The smallest absolute Gasteiger partial charge is 0.260 e. The normalized spacial score (nSPS) is 14.8. The summed E-state index contributed by atoms with van der Waals surface area (Å²) >= 11 is 0. The van der Waals surface area contributed by atoms with Crippen LogP contribution in [0.3, 0.4) is 0 Å². The third kappa shape index (κ3) is 6.00. The number of amides is 1. The molecule has 5 nitrogen and oxygen atoms in total. The second-order valence-corrected chi connectivity index (χ2v) is 6.99. The quantitative estimate of drug-likeness (QED) is 0.754. The molecule has 1 aliphatic heterocycles. The van der Waals surface area contributed by atoms with E-state index >= 15 is 0 Å². The Bertz CT molecular complexity index is 737. The van der Waals surface area contributed by atoms with Crippen LogP contribution in [0, 0.1) is 13.8 Å². The molecule has 0 bridgehead atoms. The lowest BCUT2D eigenvalue weighted by molar-refractivity contribution is -0.135. The number of hydrogen-bond donors (Lipinski definition) is 0. The van der Waals surface area contributed by atoms with E-state index in [1.54, 1.807) is 0 Å². The Morgan fingerprint density at radius 2 is 1.63 bits per heavy atom. The Morgan fingerprint density at radius 3 is 2.33 bits per heavy atom. The van der Waals surface area contributed by atoms with Crippen molar-refractivity contribution in [2.75, 3.05) is 45.9 Å². The van der Waals surface area contributed by atoms with Crippen LogP contribution < -0.4 is 9.47 Å². The zero-order chi connectivity index (χ0) is 19.1. The Kier molecular flexibility index (Phi) is 6.71. The average molecular weight is 368 g/mol. The number of rotatable bonds is 7. The summed E-state index contributed by atoms with van der Waals surface area (Å²) in [6.45, 7) is 8.93. The van der Waals surface area contributed by atoms with E-state index in [-0.39, 0.29) is 12.5 Å². The molecule has 0 saturated carbocycles. The zero-order valence-electron chi connectivity index (χ0n) is 16.2. The first-order valence-electron chi connectivity index (χ1n) is 9.49. The van der Waals surface area contributed by atoms with Crippen LogP contribution in [0.5, 0.6) is 11.5 Å². The van der Waals surface area contributed by atoms with Gasteiger partial charge in [-0.2, -0.15) is 0 Å². The van der Waals surface area contributed by atoms with Crippen molar-refractivity contribution in [3.8, 4) is 11.5 Å². The number of piperazine rings is 1. The minimum absolute atomic E-state index is 0.0474. The minimum atomic E-state index is 0.0474. The summed E-state index contributed by atoms with van der Waals surface area (Å²) in [7, 11) is 0. The highest BCUT2D eigenvalue weighted by atomic mass is 16.5. The summed E-state index contributed by atoms with van der Waals surface area (Å²) < 4.78 is 11.4. The molecule has 2 aromatic carbocycles. The molecule has 1 heterocycles. The van der Waals surface area contributed by atoms with E-state index in [9.17, 15) is 4.79 Å². The lowest BCUT2D eigenvalue weighted by Gasteiger charge is -2.34. The third-order valence-corrected chi connectivity index (χ3v) is 4.77. The Labute approximate surface area is 161 Å². The van der Waals surface area contributed by atoms with E-state index in [4.69, 9.17) is 9.47 Å². The Hall–Kier alpha value is -2.53. The third-order valence-electron chi connectivity index (χ3n) is 4.77. The van der Waals surface area contributed by atoms with E-state index in [0.717, 1.165) is 44.2 Å². The largest absolute Gasteiger partial charge is 0.492 e. The lowest BCUT2D eigenvalue weighted by Crippen LogP contribution is -2.50. The first-order valence-corrected chi connectivity index (χ1v) is 9.49. The number of carbonyl (C=O) groups excluding carboxylic acids is 1. The van der Waals surface area contributed by atoms with Crippen molar-refractivity contribution in [3.63, 3.8) is 0 Å². The molecule has 0 radical (unpaired) electrons. The van der Waals surface area contributed by atoms with Gasteiger partial charge in [0, 0.05) is 32.7 Å². The van der Waals surface area contributed by atoms with Crippen LogP contribution in [0.4, 0.5) is 0 Å². The topological polar surface area (TPSA) is 42.0 Å². The lowest BCUT2D eigenvalue weighted by atomic mass is 10.2. The predicted octanol–water partition coefficient (Wildman–Crippen LogP) is 2.91. The second kappa shape index (κ2) is 9.42. The number of aryl methyl sites for hydroxylation is 2. The number of benzene rings is 2. The van der Waals surface area contributed by atoms with Gasteiger partial charge in [-0.1, -0.05) is 29.8 Å². The van der Waals surface area contributed by atoms with Crippen LogP contribution in [0.25, 0.3) is 0 Å². The highest BCUT2D eigenvalue weighted by molar-refractivity contribution is 5.77. The summed E-state index contributed by atoms with van der Waals surface area (Å²) in [6, 6.07) is 15.9.